The van der Waals surface area contributed by atoms with Gasteiger partial charge >= 0.3 is 5.97 Å². The molecule has 0 aromatic carbocycles. The van der Waals surface area contributed by atoms with E-state index in [2.05, 4.69) is 4.98 Å². The molecular weight excluding hydrogens is 204 g/mol. The zero-order valence-corrected chi connectivity index (χ0v) is 9.10. The summed E-state index contributed by atoms with van der Waals surface area (Å²) in [5, 5.41) is 8.90. The van der Waals surface area contributed by atoms with Crippen molar-refractivity contribution in [3.63, 3.8) is 0 Å². The lowest BCUT2D eigenvalue weighted by Crippen LogP contribution is -2.20. The maximum absolute atomic E-state index is 10.8. The third kappa shape index (κ3) is 2.32. The topological polar surface area (TPSA) is 76.2 Å². The fourth-order valence-electron chi connectivity index (χ4n) is 2.32. The van der Waals surface area contributed by atoms with Crippen LogP contribution >= 0.6 is 0 Å². The Labute approximate surface area is 94.5 Å². The minimum absolute atomic E-state index is 0.169. The van der Waals surface area contributed by atoms with Gasteiger partial charge in [-0.3, -0.25) is 9.78 Å². The lowest BCUT2D eigenvalue weighted by atomic mass is 9.80. The molecule has 4 heteroatoms. The van der Waals surface area contributed by atoms with E-state index in [9.17, 15) is 4.79 Å². The van der Waals surface area contributed by atoms with E-state index in [1.807, 2.05) is 6.07 Å². The van der Waals surface area contributed by atoms with Crippen molar-refractivity contribution in [1.29, 1.82) is 0 Å². The molecule has 1 heterocycles. The van der Waals surface area contributed by atoms with Gasteiger partial charge in [-0.2, -0.15) is 0 Å². The fraction of sp³-hybridized carbons (Fsp3) is 0.500. The number of hydrogen-bond acceptors (Lipinski definition) is 3. The van der Waals surface area contributed by atoms with Crippen molar-refractivity contribution in [3.8, 4) is 0 Å². The van der Waals surface area contributed by atoms with Gasteiger partial charge in [-0.05, 0) is 37.8 Å². The summed E-state index contributed by atoms with van der Waals surface area (Å²) in [7, 11) is 0. The predicted octanol–water partition coefficient (Wildman–Crippen LogP) is 2.02. The first-order valence-electron chi connectivity index (χ1n) is 5.61. The van der Waals surface area contributed by atoms with Crippen LogP contribution < -0.4 is 5.73 Å². The zero-order chi connectivity index (χ0) is 11.5. The highest BCUT2D eigenvalue weighted by Gasteiger charge is 2.27. The van der Waals surface area contributed by atoms with E-state index in [4.69, 9.17) is 10.8 Å². The third-order valence-electron chi connectivity index (χ3n) is 3.30. The van der Waals surface area contributed by atoms with Crippen LogP contribution in [-0.4, -0.2) is 16.1 Å². The van der Waals surface area contributed by atoms with E-state index < -0.39 is 5.97 Å². The molecule has 0 saturated heterocycles. The molecule has 3 N–H and O–H groups in total. The number of pyridine rings is 1. The fourth-order valence-corrected chi connectivity index (χ4v) is 2.32. The number of aromatic nitrogens is 1. The maximum atomic E-state index is 10.8. The van der Waals surface area contributed by atoms with Gasteiger partial charge < -0.3 is 10.8 Å². The number of anilines is 1. The zero-order valence-electron chi connectivity index (χ0n) is 9.10. The van der Waals surface area contributed by atoms with Crippen LogP contribution in [0.25, 0.3) is 0 Å². The SMILES string of the molecule is Nc1ccnc(C2CCC(C(=O)O)CC2)c1. The Balaban J connectivity index is 2.01. The van der Waals surface area contributed by atoms with Gasteiger partial charge in [0.1, 0.15) is 0 Å². The summed E-state index contributed by atoms with van der Waals surface area (Å²) in [6, 6.07) is 3.66. The van der Waals surface area contributed by atoms with Gasteiger partial charge in [0.05, 0.1) is 5.92 Å². The van der Waals surface area contributed by atoms with E-state index in [1.165, 1.54) is 0 Å². The van der Waals surface area contributed by atoms with Crippen LogP contribution in [0.15, 0.2) is 18.3 Å². The van der Waals surface area contributed by atoms with Crippen LogP contribution in [0, 0.1) is 5.92 Å². The van der Waals surface area contributed by atoms with Crippen molar-refractivity contribution >= 4 is 11.7 Å². The number of hydrogen-bond donors (Lipinski definition) is 2. The van der Waals surface area contributed by atoms with Gasteiger partial charge in [-0.1, -0.05) is 0 Å². The monoisotopic (exact) mass is 220 g/mol. The van der Waals surface area contributed by atoms with Crippen LogP contribution in [0.3, 0.4) is 0 Å². The van der Waals surface area contributed by atoms with E-state index in [0.717, 1.165) is 37.1 Å². The molecule has 1 fully saturated rings. The summed E-state index contributed by atoms with van der Waals surface area (Å²) in [6.45, 7) is 0. The van der Waals surface area contributed by atoms with Gasteiger partial charge in [-0.25, -0.2) is 0 Å². The Morgan fingerprint density at radius 1 is 1.38 bits per heavy atom. The standard InChI is InChI=1S/C12H16N2O2/c13-10-5-6-14-11(7-10)8-1-3-9(4-2-8)12(15)16/h5-9H,1-4H2,(H2,13,14)(H,15,16). The molecule has 1 aliphatic carbocycles. The average molecular weight is 220 g/mol. The quantitative estimate of drug-likeness (QED) is 0.799. The summed E-state index contributed by atoms with van der Waals surface area (Å²) in [5.74, 6) is -0.463. The molecule has 1 aromatic rings. The largest absolute Gasteiger partial charge is 0.481 e. The van der Waals surface area contributed by atoms with Crippen LogP contribution in [0.5, 0.6) is 0 Å². The van der Waals surface area contributed by atoms with Crippen LogP contribution in [0.4, 0.5) is 5.69 Å². The Bertz CT molecular complexity index is 384. The number of carboxylic acids is 1. The molecule has 0 aliphatic heterocycles. The Morgan fingerprint density at radius 2 is 2.06 bits per heavy atom. The number of carbonyl (C=O) groups is 1. The Morgan fingerprint density at radius 3 is 2.62 bits per heavy atom. The number of nitrogens with two attached hydrogens (primary N) is 1. The normalized spacial score (nSPS) is 25.2. The van der Waals surface area contributed by atoms with Crippen molar-refractivity contribution < 1.29 is 9.90 Å². The third-order valence-corrected chi connectivity index (χ3v) is 3.30. The molecule has 0 bridgehead atoms. The van der Waals surface area contributed by atoms with E-state index in [-0.39, 0.29) is 5.92 Å². The average Bonchev–Trinajstić information content (AvgIpc) is 2.29. The summed E-state index contributed by atoms with van der Waals surface area (Å²) in [6.07, 6.45) is 5.00. The first-order chi connectivity index (χ1) is 7.66. The molecule has 0 spiro atoms. The van der Waals surface area contributed by atoms with Crippen molar-refractivity contribution in [1.82, 2.24) is 4.98 Å². The molecule has 0 atom stereocenters. The molecule has 16 heavy (non-hydrogen) atoms. The Kier molecular flexibility index (Phi) is 3.08. The number of rotatable bonds is 2. The highest BCUT2D eigenvalue weighted by molar-refractivity contribution is 5.70. The van der Waals surface area contributed by atoms with Crippen molar-refractivity contribution in [2.45, 2.75) is 31.6 Å². The smallest absolute Gasteiger partial charge is 0.306 e. The summed E-state index contributed by atoms with van der Waals surface area (Å²) >= 11 is 0. The Hall–Kier alpha value is -1.58. The molecule has 2 rings (SSSR count). The van der Waals surface area contributed by atoms with Crippen LogP contribution in [0.2, 0.25) is 0 Å². The van der Waals surface area contributed by atoms with Gasteiger partial charge in [0.15, 0.2) is 0 Å². The highest BCUT2D eigenvalue weighted by Crippen LogP contribution is 2.35. The van der Waals surface area contributed by atoms with Gasteiger partial charge in [0.2, 0.25) is 0 Å². The summed E-state index contributed by atoms with van der Waals surface area (Å²) in [4.78, 5) is 15.1. The van der Waals surface area contributed by atoms with Crippen molar-refractivity contribution in [2.75, 3.05) is 5.73 Å². The van der Waals surface area contributed by atoms with Gasteiger partial charge in [0.25, 0.3) is 0 Å². The lowest BCUT2D eigenvalue weighted by molar-refractivity contribution is -0.142. The van der Waals surface area contributed by atoms with Gasteiger partial charge in [0, 0.05) is 23.5 Å². The molecule has 86 valence electrons. The molecule has 1 saturated carbocycles. The molecule has 0 amide bonds. The highest BCUT2D eigenvalue weighted by atomic mass is 16.4. The number of carboxylic acid groups (broad SMARTS) is 1. The van der Waals surface area contributed by atoms with Crippen molar-refractivity contribution in [2.24, 2.45) is 5.92 Å². The molecular formula is C12H16N2O2. The number of aliphatic carboxylic acids is 1. The number of nitrogen functional groups attached to an aromatic ring is 1. The summed E-state index contributed by atoms with van der Waals surface area (Å²) < 4.78 is 0. The second-order valence-electron chi connectivity index (χ2n) is 4.40. The second-order valence-corrected chi connectivity index (χ2v) is 4.40. The maximum Gasteiger partial charge on any atom is 0.306 e. The minimum atomic E-state index is -0.668. The molecule has 4 nitrogen and oxygen atoms in total. The molecule has 0 radical (unpaired) electrons. The molecule has 0 unspecified atom stereocenters. The lowest BCUT2D eigenvalue weighted by Gasteiger charge is -2.25. The summed E-state index contributed by atoms with van der Waals surface area (Å²) in [5.41, 5.74) is 7.44. The van der Waals surface area contributed by atoms with Crippen LogP contribution in [-0.2, 0) is 4.79 Å². The minimum Gasteiger partial charge on any atom is -0.481 e. The molecule has 1 aliphatic rings. The van der Waals surface area contributed by atoms with Crippen LogP contribution in [0.1, 0.15) is 37.3 Å². The van der Waals surface area contributed by atoms with E-state index in [1.54, 1.807) is 12.3 Å². The first kappa shape index (κ1) is 10.9. The first-order valence-corrected chi connectivity index (χ1v) is 5.61. The van der Waals surface area contributed by atoms with Crippen molar-refractivity contribution in [3.05, 3.63) is 24.0 Å². The second kappa shape index (κ2) is 4.51. The van der Waals surface area contributed by atoms with Gasteiger partial charge in [-0.15, -0.1) is 0 Å². The van der Waals surface area contributed by atoms with E-state index in [0.29, 0.717) is 5.92 Å². The number of nitrogens with zero attached hydrogens (tertiary/aromatic N) is 1. The predicted molar refractivity (Wildman–Crippen MR) is 61.0 cm³/mol. The molecule has 1 aromatic heterocycles. The van der Waals surface area contributed by atoms with E-state index >= 15 is 0 Å².